The Bertz CT molecular complexity index is 601. The van der Waals surface area contributed by atoms with Gasteiger partial charge < -0.3 is 21.0 Å². The van der Waals surface area contributed by atoms with Gasteiger partial charge >= 0.3 is 32.7 Å². The number of nitrogens with zero attached hydrogens (tertiary/aromatic N) is 1. The molecule has 1 aliphatic carbocycles. The van der Waals surface area contributed by atoms with Gasteiger partial charge in [-0.05, 0) is 63.1 Å². The number of ether oxygens (including phenoxy) is 2. The summed E-state index contributed by atoms with van der Waals surface area (Å²) < 4.78 is 9.89. The van der Waals surface area contributed by atoms with E-state index < -0.39 is 16.3 Å². The molecule has 4 rings (SSSR count). The monoisotopic (exact) mass is 589 g/mol. The first-order valence-electron chi connectivity index (χ1n) is 12.9. The molecule has 3 fully saturated rings. The second-order valence-corrected chi connectivity index (χ2v) is 20.0. The third kappa shape index (κ3) is 14.9. The Balaban J connectivity index is 0.000000584. The zero-order chi connectivity index (χ0) is 25.8. The second-order valence-electron chi connectivity index (χ2n) is 11.1. The standard InChI is InChI=1S/C17H23NSi.2C4H8O.C4H11Si.Y/c1-12-13(2)15(4)17(14(12)3)19(5,6)18-16-10-8-7-9-11-16;2*1-2-4-5-3-1;1-5(2,3)4;/h7-11H,1-6H3;2*1-4H2;1H2,2-4H3;/q-1;;;-1;+3. The number of rotatable bonds is 3. The van der Waals surface area contributed by atoms with Gasteiger partial charge in [-0.3, -0.25) is 0 Å². The van der Waals surface area contributed by atoms with Crippen LogP contribution in [-0.4, -0.2) is 42.7 Å². The van der Waals surface area contributed by atoms with Gasteiger partial charge in [0.25, 0.3) is 0 Å². The Labute approximate surface area is 246 Å². The summed E-state index contributed by atoms with van der Waals surface area (Å²) in [6.45, 7) is 28.2. The summed E-state index contributed by atoms with van der Waals surface area (Å²) in [7, 11) is -2.66. The molecule has 2 heterocycles. The summed E-state index contributed by atoms with van der Waals surface area (Å²) in [6.07, 6.45) is 5.11. The Hall–Kier alpha value is 0.478. The minimum Gasteiger partial charge on any atom is -0.687 e. The quantitative estimate of drug-likeness (QED) is 0.261. The Morgan fingerprint density at radius 3 is 1.29 bits per heavy atom. The molecule has 5 radical (unpaired) electrons. The predicted molar refractivity (Wildman–Crippen MR) is 155 cm³/mol. The summed E-state index contributed by atoms with van der Waals surface area (Å²) in [5, 5.41) is 0. The van der Waals surface area contributed by atoms with Gasteiger partial charge in [-0.1, -0.05) is 90.8 Å². The van der Waals surface area contributed by atoms with Crippen molar-refractivity contribution in [1.82, 2.24) is 0 Å². The van der Waals surface area contributed by atoms with Crippen LogP contribution in [0.2, 0.25) is 32.7 Å². The predicted octanol–water partition coefficient (Wildman–Crippen LogP) is 8.69. The molecule has 2 saturated heterocycles. The number of hydrogen-bond donors (Lipinski definition) is 0. The Morgan fingerprint density at radius 1 is 0.657 bits per heavy atom. The van der Waals surface area contributed by atoms with Gasteiger partial charge in [0.15, 0.2) is 0 Å². The Kier molecular flexibility index (Phi) is 18.1. The molecule has 0 bridgehead atoms. The van der Waals surface area contributed by atoms with Crippen LogP contribution >= 0.6 is 0 Å². The maximum absolute atomic E-state index is 5.08. The topological polar surface area (TPSA) is 32.6 Å². The third-order valence-corrected chi connectivity index (χ3v) is 8.66. The molecule has 3 aliphatic rings. The Morgan fingerprint density at radius 2 is 1.00 bits per heavy atom. The van der Waals surface area contributed by atoms with Crippen LogP contribution in [0.25, 0.3) is 4.98 Å². The minimum absolute atomic E-state index is 0. The number of hydrogen-bond acceptors (Lipinski definition) is 2. The van der Waals surface area contributed by atoms with Crippen molar-refractivity contribution >= 4 is 22.0 Å². The summed E-state index contributed by atoms with van der Waals surface area (Å²) in [5.41, 5.74) is 2.63. The smallest absolute Gasteiger partial charge is 0.687 e. The van der Waals surface area contributed by atoms with Gasteiger partial charge in [0.1, 0.15) is 0 Å². The molecule has 0 spiro atoms. The molecule has 0 amide bonds. The van der Waals surface area contributed by atoms with E-state index in [2.05, 4.69) is 91.2 Å². The van der Waals surface area contributed by atoms with Crippen LogP contribution < -0.4 is 0 Å². The molecule has 3 nitrogen and oxygen atoms in total. The average Bonchev–Trinajstić information content (AvgIpc) is 3.52. The van der Waals surface area contributed by atoms with Crippen molar-refractivity contribution in [2.45, 2.75) is 86.1 Å². The zero-order valence-corrected chi connectivity index (χ0v) is 28.9. The second kappa shape index (κ2) is 17.9. The van der Waals surface area contributed by atoms with E-state index in [1.165, 1.54) is 54.9 Å². The third-order valence-electron chi connectivity index (χ3n) is 5.87. The fourth-order valence-electron chi connectivity index (χ4n) is 4.04. The average molecular weight is 590 g/mol. The van der Waals surface area contributed by atoms with Crippen LogP contribution in [0, 0.1) is 35.8 Å². The van der Waals surface area contributed by atoms with Crippen LogP contribution in [0.3, 0.4) is 0 Å². The maximum atomic E-state index is 5.08. The fraction of sp³-hybridized carbons (Fsp3) is 0.586. The number of benzene rings is 1. The van der Waals surface area contributed by atoms with Crippen molar-refractivity contribution in [3.8, 4) is 0 Å². The summed E-state index contributed by atoms with van der Waals surface area (Å²) >= 11 is 0. The molecule has 193 valence electrons. The summed E-state index contributed by atoms with van der Waals surface area (Å²) in [6, 6.07) is 10.4. The van der Waals surface area contributed by atoms with Crippen LogP contribution in [-0.2, 0) is 42.2 Å². The SMILES string of the molecule is C1CCOC1.C1CCOC1.C[C]1[C](C)[C](C)[C]([Si](C)(C)[N-]c2ccccc2)[C]1C.[CH2-][Si](C)(C)C.[Y+3]. The van der Waals surface area contributed by atoms with Gasteiger partial charge in [0.05, 0.1) is 0 Å². The van der Waals surface area contributed by atoms with E-state index in [4.69, 9.17) is 14.5 Å². The molecular formula is C29H50NO2Si2Y+. The first kappa shape index (κ1) is 35.5. The first-order chi connectivity index (χ1) is 15.8. The van der Waals surface area contributed by atoms with Crippen molar-refractivity contribution < 1.29 is 42.2 Å². The van der Waals surface area contributed by atoms with Crippen LogP contribution in [0.4, 0.5) is 5.69 Å². The van der Waals surface area contributed by atoms with Crippen LogP contribution in [0.5, 0.6) is 0 Å². The van der Waals surface area contributed by atoms with Crippen LogP contribution in [0.1, 0.15) is 53.4 Å². The van der Waals surface area contributed by atoms with Gasteiger partial charge in [0.2, 0.25) is 0 Å². The van der Waals surface area contributed by atoms with Crippen molar-refractivity contribution in [2.24, 2.45) is 0 Å². The summed E-state index contributed by atoms with van der Waals surface area (Å²) in [4.78, 5) is 5.08. The van der Waals surface area contributed by atoms with Gasteiger partial charge in [0, 0.05) is 26.4 Å². The van der Waals surface area contributed by atoms with Gasteiger partial charge in [-0.2, -0.15) is 0 Å². The summed E-state index contributed by atoms with van der Waals surface area (Å²) in [5.74, 6) is 5.78. The van der Waals surface area contributed by atoms with E-state index in [9.17, 15) is 0 Å². The van der Waals surface area contributed by atoms with Crippen molar-refractivity contribution in [3.05, 3.63) is 71.1 Å². The van der Waals surface area contributed by atoms with Crippen molar-refractivity contribution in [1.29, 1.82) is 0 Å². The fourth-order valence-corrected chi connectivity index (χ4v) is 7.16. The zero-order valence-electron chi connectivity index (χ0n) is 24.1. The molecule has 1 saturated carbocycles. The first-order valence-corrected chi connectivity index (χ1v) is 19.5. The maximum Gasteiger partial charge on any atom is 3.00 e. The normalized spacial score (nSPS) is 20.1. The molecule has 0 unspecified atom stereocenters. The van der Waals surface area contributed by atoms with Crippen molar-refractivity contribution in [2.75, 3.05) is 26.4 Å². The molecule has 1 aromatic carbocycles. The molecule has 1 aromatic rings. The molecule has 0 N–H and O–H groups in total. The van der Waals surface area contributed by atoms with Gasteiger partial charge in [-0.25, -0.2) is 0 Å². The molecule has 0 atom stereocenters. The molecule has 2 aliphatic heterocycles. The molecule has 0 aromatic heterocycles. The largest absolute Gasteiger partial charge is 3.00 e. The molecule has 6 heteroatoms. The minimum atomic E-state index is -1.79. The van der Waals surface area contributed by atoms with E-state index in [0.29, 0.717) is 0 Å². The van der Waals surface area contributed by atoms with E-state index in [-0.39, 0.29) is 32.7 Å². The van der Waals surface area contributed by atoms with Crippen LogP contribution in [0.15, 0.2) is 30.3 Å². The van der Waals surface area contributed by atoms with E-state index in [1.54, 1.807) is 0 Å². The molecular weight excluding hydrogens is 539 g/mol. The van der Waals surface area contributed by atoms with E-state index in [1.807, 2.05) is 6.07 Å². The van der Waals surface area contributed by atoms with E-state index in [0.717, 1.165) is 32.1 Å². The van der Waals surface area contributed by atoms with Crippen molar-refractivity contribution in [3.63, 3.8) is 0 Å². The molecule has 35 heavy (non-hydrogen) atoms. The van der Waals surface area contributed by atoms with Gasteiger partial charge in [-0.15, -0.1) is 13.8 Å². The van der Waals surface area contributed by atoms with E-state index >= 15 is 0 Å².